The number of rotatable bonds is 5. The highest BCUT2D eigenvalue weighted by Gasteiger charge is 2.54. The number of benzene rings is 2. The third kappa shape index (κ3) is 4.32. The molecule has 1 N–H and O–H groups in total. The summed E-state index contributed by atoms with van der Waals surface area (Å²) < 4.78 is 16.9. The molecule has 0 saturated carbocycles. The summed E-state index contributed by atoms with van der Waals surface area (Å²) in [7, 11) is 0. The monoisotopic (exact) mass is 479 g/mol. The fourth-order valence-electron chi connectivity index (χ4n) is 4.92. The van der Waals surface area contributed by atoms with Gasteiger partial charge in [-0.1, -0.05) is 25.1 Å². The number of piperidine rings is 1. The molecule has 0 bridgehead atoms. The molecule has 1 spiro atoms. The van der Waals surface area contributed by atoms with Gasteiger partial charge in [-0.3, -0.25) is 19.3 Å². The van der Waals surface area contributed by atoms with Crippen molar-refractivity contribution in [2.24, 2.45) is 0 Å². The van der Waals surface area contributed by atoms with E-state index < -0.39 is 11.8 Å². The van der Waals surface area contributed by atoms with Crippen molar-refractivity contribution in [3.63, 3.8) is 0 Å². The number of carbonyl (C=O) groups excluding carboxylic acids is 3. The van der Waals surface area contributed by atoms with Crippen LogP contribution in [0.25, 0.3) is 0 Å². The van der Waals surface area contributed by atoms with Gasteiger partial charge in [-0.05, 0) is 36.8 Å². The summed E-state index contributed by atoms with van der Waals surface area (Å²) in [6, 6.07) is 13.4. The lowest BCUT2D eigenvalue weighted by molar-refractivity contribution is -0.128. The smallest absolute Gasteiger partial charge is 0.256 e. The van der Waals surface area contributed by atoms with Gasteiger partial charge >= 0.3 is 0 Å². The first-order valence-corrected chi connectivity index (χ1v) is 12.0. The highest BCUT2D eigenvalue weighted by Crippen LogP contribution is 2.39. The van der Waals surface area contributed by atoms with Crippen LogP contribution >= 0.6 is 0 Å². The van der Waals surface area contributed by atoms with Crippen molar-refractivity contribution in [2.45, 2.75) is 38.0 Å². The molecule has 3 amide bonds. The number of likely N-dealkylation sites (tertiary alicyclic amines) is 1. The molecule has 3 aliphatic rings. The second kappa shape index (κ2) is 9.58. The number of ether oxygens (including phenoxy) is 3. The molecule has 0 aliphatic carbocycles. The minimum atomic E-state index is -0.938. The van der Waals surface area contributed by atoms with Crippen LogP contribution < -0.4 is 14.8 Å². The van der Waals surface area contributed by atoms with E-state index in [0.29, 0.717) is 55.1 Å². The zero-order chi connectivity index (χ0) is 24.4. The lowest BCUT2D eigenvalue weighted by Gasteiger charge is -2.44. The van der Waals surface area contributed by atoms with E-state index in [4.69, 9.17) is 14.2 Å². The van der Waals surface area contributed by atoms with E-state index in [-0.39, 0.29) is 31.1 Å². The van der Waals surface area contributed by atoms with Crippen LogP contribution in [0.1, 0.15) is 46.9 Å². The highest BCUT2D eigenvalue weighted by molar-refractivity contribution is 5.98. The maximum absolute atomic E-state index is 13.6. The van der Waals surface area contributed by atoms with Crippen LogP contribution in [0.15, 0.2) is 48.5 Å². The number of carbonyl (C=O) groups is 3. The molecule has 5 rings (SSSR count). The van der Waals surface area contributed by atoms with Gasteiger partial charge in [0.05, 0.1) is 6.61 Å². The highest BCUT2D eigenvalue weighted by atomic mass is 16.7. The van der Waals surface area contributed by atoms with Crippen molar-refractivity contribution in [1.29, 1.82) is 0 Å². The average molecular weight is 480 g/mol. The molecular formula is C26H29N3O6. The summed E-state index contributed by atoms with van der Waals surface area (Å²) in [5.41, 5.74) is 0.0865. The maximum atomic E-state index is 13.6. The molecule has 3 heterocycles. The SMILES string of the molecule is CCCNC(=O)C1COC2(CCN(C(=O)c3ccc4c(c3)OCO4)CC2)N1C(=O)c1ccccc1. The number of nitrogens with zero attached hydrogens (tertiary/aromatic N) is 2. The molecule has 9 nitrogen and oxygen atoms in total. The Balaban J connectivity index is 1.35. The Labute approximate surface area is 203 Å². The van der Waals surface area contributed by atoms with Crippen LogP contribution in [-0.4, -0.2) is 72.3 Å². The number of fused-ring (bicyclic) bond motifs is 1. The van der Waals surface area contributed by atoms with Gasteiger partial charge in [-0.15, -0.1) is 0 Å². The van der Waals surface area contributed by atoms with Gasteiger partial charge in [-0.2, -0.15) is 0 Å². The van der Waals surface area contributed by atoms with Crippen LogP contribution in [0, 0.1) is 0 Å². The van der Waals surface area contributed by atoms with Gasteiger partial charge < -0.3 is 24.4 Å². The topological polar surface area (TPSA) is 97.4 Å². The third-order valence-electron chi connectivity index (χ3n) is 6.80. The Bertz CT molecular complexity index is 1110. The molecule has 9 heteroatoms. The Kier molecular flexibility index (Phi) is 6.34. The Morgan fingerprint density at radius 1 is 0.971 bits per heavy atom. The van der Waals surface area contributed by atoms with E-state index in [2.05, 4.69) is 5.32 Å². The maximum Gasteiger partial charge on any atom is 0.256 e. The van der Waals surface area contributed by atoms with Crippen LogP contribution in [0.3, 0.4) is 0 Å². The van der Waals surface area contributed by atoms with E-state index in [1.807, 2.05) is 13.0 Å². The lowest BCUT2D eigenvalue weighted by atomic mass is 9.96. The summed E-state index contributed by atoms with van der Waals surface area (Å²) in [6.45, 7) is 3.59. The van der Waals surface area contributed by atoms with Crippen molar-refractivity contribution >= 4 is 17.7 Å². The van der Waals surface area contributed by atoms with E-state index >= 15 is 0 Å². The Morgan fingerprint density at radius 2 is 1.71 bits per heavy atom. The zero-order valence-electron chi connectivity index (χ0n) is 19.7. The first-order valence-electron chi connectivity index (χ1n) is 12.0. The molecule has 0 radical (unpaired) electrons. The predicted molar refractivity (Wildman–Crippen MR) is 126 cm³/mol. The van der Waals surface area contributed by atoms with Gasteiger partial charge in [0.2, 0.25) is 12.7 Å². The fraction of sp³-hybridized carbons (Fsp3) is 0.423. The lowest BCUT2D eigenvalue weighted by Crippen LogP contribution is -2.59. The van der Waals surface area contributed by atoms with Crippen LogP contribution in [0.4, 0.5) is 0 Å². The van der Waals surface area contributed by atoms with E-state index in [1.54, 1.807) is 52.3 Å². The number of amides is 3. The van der Waals surface area contributed by atoms with Crippen LogP contribution in [0.5, 0.6) is 11.5 Å². The summed E-state index contributed by atoms with van der Waals surface area (Å²) in [5, 5.41) is 2.90. The quantitative estimate of drug-likeness (QED) is 0.708. The Hall–Kier alpha value is -3.59. The van der Waals surface area contributed by atoms with Crippen LogP contribution in [0.2, 0.25) is 0 Å². The van der Waals surface area contributed by atoms with Crippen molar-refractivity contribution < 1.29 is 28.6 Å². The number of nitrogens with one attached hydrogen (secondary N) is 1. The zero-order valence-corrected chi connectivity index (χ0v) is 19.7. The molecular weight excluding hydrogens is 450 g/mol. The van der Waals surface area contributed by atoms with Gasteiger partial charge in [0.25, 0.3) is 11.8 Å². The minimum absolute atomic E-state index is 0.116. The number of hydrogen-bond donors (Lipinski definition) is 1. The minimum Gasteiger partial charge on any atom is -0.454 e. The molecule has 3 aliphatic heterocycles. The van der Waals surface area contributed by atoms with E-state index in [0.717, 1.165) is 6.42 Å². The molecule has 2 aromatic carbocycles. The van der Waals surface area contributed by atoms with Crippen molar-refractivity contribution in [3.05, 3.63) is 59.7 Å². The molecule has 1 atom stereocenters. The molecule has 184 valence electrons. The summed E-state index contributed by atoms with van der Waals surface area (Å²) in [6.07, 6.45) is 1.63. The molecule has 2 fully saturated rings. The van der Waals surface area contributed by atoms with Crippen molar-refractivity contribution in [2.75, 3.05) is 33.0 Å². The normalized spacial score (nSPS) is 20.2. The molecule has 35 heavy (non-hydrogen) atoms. The third-order valence-corrected chi connectivity index (χ3v) is 6.80. The fourth-order valence-corrected chi connectivity index (χ4v) is 4.92. The van der Waals surface area contributed by atoms with E-state index in [9.17, 15) is 14.4 Å². The van der Waals surface area contributed by atoms with Gasteiger partial charge in [0.15, 0.2) is 11.5 Å². The van der Waals surface area contributed by atoms with Crippen molar-refractivity contribution in [3.8, 4) is 11.5 Å². The van der Waals surface area contributed by atoms with Gasteiger partial charge in [0.1, 0.15) is 11.8 Å². The van der Waals surface area contributed by atoms with Crippen LogP contribution in [-0.2, 0) is 9.53 Å². The average Bonchev–Trinajstić information content (AvgIpc) is 3.52. The summed E-state index contributed by atoms with van der Waals surface area (Å²) >= 11 is 0. The number of hydrogen-bond acceptors (Lipinski definition) is 6. The molecule has 2 aromatic rings. The second-order valence-corrected chi connectivity index (χ2v) is 8.97. The van der Waals surface area contributed by atoms with E-state index in [1.165, 1.54) is 0 Å². The summed E-state index contributed by atoms with van der Waals surface area (Å²) in [4.78, 5) is 43.1. The second-order valence-electron chi connectivity index (χ2n) is 8.97. The predicted octanol–water partition coefficient (Wildman–Crippen LogP) is 2.41. The van der Waals surface area contributed by atoms with Gasteiger partial charge in [0, 0.05) is 43.6 Å². The van der Waals surface area contributed by atoms with Crippen molar-refractivity contribution in [1.82, 2.24) is 15.1 Å². The molecule has 1 unspecified atom stereocenters. The first-order chi connectivity index (χ1) is 17.0. The largest absolute Gasteiger partial charge is 0.454 e. The summed E-state index contributed by atoms with van der Waals surface area (Å²) in [5.74, 6) is 0.612. The van der Waals surface area contributed by atoms with Gasteiger partial charge in [-0.25, -0.2) is 0 Å². The molecule has 0 aromatic heterocycles. The standard InChI is InChI=1S/C26H29N3O6/c1-2-12-27-23(30)20-16-35-26(29(20)25(32)18-6-4-3-5-7-18)10-13-28(14-11-26)24(31)19-8-9-21-22(15-19)34-17-33-21/h3-9,15,20H,2,10-14,16-17H2,1H3,(H,27,30). The first kappa shape index (κ1) is 23.2. The molecule has 2 saturated heterocycles. The Morgan fingerprint density at radius 3 is 2.46 bits per heavy atom.